The first-order valence-corrected chi connectivity index (χ1v) is 5.07. The summed E-state index contributed by atoms with van der Waals surface area (Å²) in [7, 11) is 0. The van der Waals surface area contributed by atoms with Crippen LogP contribution in [0.15, 0.2) is 30.3 Å². The van der Waals surface area contributed by atoms with Crippen molar-refractivity contribution in [3.8, 4) is 11.5 Å². The van der Waals surface area contributed by atoms with Crippen LogP contribution in [0.5, 0.6) is 11.5 Å². The molecule has 0 fully saturated rings. The minimum atomic E-state index is -1.16. The normalized spacial score (nSPS) is 11.9. The van der Waals surface area contributed by atoms with Crippen LogP contribution >= 0.6 is 0 Å². The third kappa shape index (κ3) is 1.70. The summed E-state index contributed by atoms with van der Waals surface area (Å²) in [5.41, 5.74) is -0.724. The van der Waals surface area contributed by atoms with Crippen LogP contribution in [0, 0.1) is 0 Å². The Hall–Kier alpha value is -1.74. The number of fused-ring (bicyclic) bond motifs is 1. The molecule has 16 heavy (non-hydrogen) atoms. The average Bonchev–Trinajstić information content (AvgIpc) is 2.14. The lowest BCUT2D eigenvalue weighted by Gasteiger charge is -2.21. The van der Waals surface area contributed by atoms with Gasteiger partial charge in [0.05, 0.1) is 5.60 Å². The van der Waals surface area contributed by atoms with Crippen LogP contribution in [0.25, 0.3) is 10.8 Å². The van der Waals surface area contributed by atoms with Gasteiger partial charge in [-0.3, -0.25) is 0 Å². The zero-order valence-electron chi connectivity index (χ0n) is 9.23. The number of aromatic hydroxyl groups is 2. The zero-order valence-corrected chi connectivity index (χ0v) is 9.23. The van der Waals surface area contributed by atoms with Gasteiger partial charge in [-0.1, -0.05) is 12.1 Å². The fraction of sp³-hybridized carbons (Fsp3) is 0.231. The van der Waals surface area contributed by atoms with Crippen LogP contribution in [-0.2, 0) is 5.60 Å². The summed E-state index contributed by atoms with van der Waals surface area (Å²) < 4.78 is 0. The molecule has 0 saturated heterocycles. The van der Waals surface area contributed by atoms with Crippen molar-refractivity contribution in [1.82, 2.24) is 0 Å². The highest BCUT2D eigenvalue weighted by molar-refractivity contribution is 5.89. The second-order valence-corrected chi connectivity index (χ2v) is 4.42. The lowest BCUT2D eigenvalue weighted by Crippen LogP contribution is -2.16. The largest absolute Gasteiger partial charge is 0.508 e. The second-order valence-electron chi connectivity index (χ2n) is 4.42. The summed E-state index contributed by atoms with van der Waals surface area (Å²) in [4.78, 5) is 0. The SMILES string of the molecule is CC(C)(O)c1c(O)ccc2ccc(O)cc12. The van der Waals surface area contributed by atoms with Crippen molar-refractivity contribution >= 4 is 10.8 Å². The molecule has 0 aromatic heterocycles. The molecule has 0 amide bonds. The Morgan fingerprint density at radius 2 is 1.62 bits per heavy atom. The molecule has 0 bridgehead atoms. The number of rotatable bonds is 1. The molecule has 3 nitrogen and oxygen atoms in total. The van der Waals surface area contributed by atoms with Crippen LogP contribution in [0.4, 0.5) is 0 Å². The number of benzene rings is 2. The van der Waals surface area contributed by atoms with Crippen molar-refractivity contribution in [3.05, 3.63) is 35.9 Å². The lowest BCUT2D eigenvalue weighted by atomic mass is 9.91. The Bertz CT molecular complexity index is 533. The molecule has 2 rings (SSSR count). The van der Waals surface area contributed by atoms with Crippen molar-refractivity contribution in [2.75, 3.05) is 0 Å². The molecule has 0 aliphatic rings. The van der Waals surface area contributed by atoms with Crippen LogP contribution < -0.4 is 0 Å². The number of phenols is 2. The lowest BCUT2D eigenvalue weighted by molar-refractivity contribution is 0.0775. The average molecular weight is 218 g/mol. The van der Waals surface area contributed by atoms with Crippen molar-refractivity contribution < 1.29 is 15.3 Å². The molecule has 0 aliphatic heterocycles. The van der Waals surface area contributed by atoms with E-state index in [1.807, 2.05) is 0 Å². The predicted octanol–water partition coefficient (Wildman–Crippen LogP) is 2.48. The molecule has 0 heterocycles. The molecular weight excluding hydrogens is 204 g/mol. The minimum absolute atomic E-state index is 0.0330. The van der Waals surface area contributed by atoms with Gasteiger partial charge in [0, 0.05) is 5.56 Å². The molecular formula is C13H14O3. The highest BCUT2D eigenvalue weighted by Gasteiger charge is 2.23. The van der Waals surface area contributed by atoms with Gasteiger partial charge in [0.2, 0.25) is 0 Å². The molecule has 0 unspecified atom stereocenters. The van der Waals surface area contributed by atoms with Gasteiger partial charge in [0.1, 0.15) is 11.5 Å². The Morgan fingerprint density at radius 3 is 2.25 bits per heavy atom. The van der Waals surface area contributed by atoms with Crippen LogP contribution in [0.3, 0.4) is 0 Å². The third-order valence-corrected chi connectivity index (χ3v) is 2.59. The molecule has 0 atom stereocenters. The second kappa shape index (κ2) is 3.39. The molecule has 84 valence electrons. The zero-order chi connectivity index (χ0) is 11.9. The molecule has 2 aromatic carbocycles. The van der Waals surface area contributed by atoms with E-state index in [2.05, 4.69) is 0 Å². The van der Waals surface area contributed by atoms with E-state index in [1.165, 1.54) is 0 Å². The minimum Gasteiger partial charge on any atom is -0.508 e. The molecule has 0 spiro atoms. The summed E-state index contributed by atoms with van der Waals surface area (Å²) in [6.07, 6.45) is 0. The van der Waals surface area contributed by atoms with Crippen molar-refractivity contribution in [3.63, 3.8) is 0 Å². The predicted molar refractivity (Wildman–Crippen MR) is 62.5 cm³/mol. The van der Waals surface area contributed by atoms with Crippen LogP contribution in [0.1, 0.15) is 19.4 Å². The van der Waals surface area contributed by atoms with E-state index in [-0.39, 0.29) is 11.5 Å². The first kappa shape index (κ1) is 10.8. The third-order valence-electron chi connectivity index (χ3n) is 2.59. The maximum atomic E-state index is 10.0. The number of hydrogen-bond acceptors (Lipinski definition) is 3. The van der Waals surface area contributed by atoms with Gasteiger partial charge < -0.3 is 15.3 Å². The maximum Gasteiger partial charge on any atom is 0.122 e. The Labute approximate surface area is 93.6 Å². The van der Waals surface area contributed by atoms with Gasteiger partial charge in [0.25, 0.3) is 0 Å². The van der Waals surface area contributed by atoms with E-state index in [9.17, 15) is 15.3 Å². The van der Waals surface area contributed by atoms with Gasteiger partial charge >= 0.3 is 0 Å². The Balaban J connectivity index is 2.88. The summed E-state index contributed by atoms with van der Waals surface area (Å²) in [6, 6.07) is 8.17. The Kier molecular flexibility index (Phi) is 2.28. The van der Waals surface area contributed by atoms with Crippen molar-refractivity contribution in [2.24, 2.45) is 0 Å². The first-order valence-electron chi connectivity index (χ1n) is 5.07. The topological polar surface area (TPSA) is 60.7 Å². The van der Waals surface area contributed by atoms with E-state index in [0.717, 1.165) is 5.39 Å². The highest BCUT2D eigenvalue weighted by atomic mass is 16.3. The summed E-state index contributed by atoms with van der Waals surface area (Å²) in [6.45, 7) is 3.21. The fourth-order valence-electron chi connectivity index (χ4n) is 1.94. The molecule has 0 saturated carbocycles. The van der Waals surface area contributed by atoms with E-state index in [0.29, 0.717) is 10.9 Å². The van der Waals surface area contributed by atoms with Gasteiger partial charge in [-0.25, -0.2) is 0 Å². The van der Waals surface area contributed by atoms with Crippen LogP contribution in [0.2, 0.25) is 0 Å². The first-order chi connectivity index (χ1) is 7.39. The van der Waals surface area contributed by atoms with Gasteiger partial charge in [0.15, 0.2) is 0 Å². The maximum absolute atomic E-state index is 10.0. The highest BCUT2D eigenvalue weighted by Crippen LogP contribution is 2.36. The summed E-state index contributed by atoms with van der Waals surface area (Å²) >= 11 is 0. The molecule has 0 radical (unpaired) electrons. The van der Waals surface area contributed by atoms with E-state index in [4.69, 9.17) is 0 Å². The van der Waals surface area contributed by atoms with E-state index >= 15 is 0 Å². The van der Waals surface area contributed by atoms with Gasteiger partial charge in [-0.05, 0) is 42.8 Å². The standard InChI is InChI=1S/C13H14O3/c1-13(2,16)12-10-7-9(14)5-3-8(10)4-6-11(12)15/h3-7,14-16H,1-2H3. The molecule has 0 aliphatic carbocycles. The number of hydrogen-bond donors (Lipinski definition) is 3. The van der Waals surface area contributed by atoms with Crippen molar-refractivity contribution in [1.29, 1.82) is 0 Å². The number of aliphatic hydroxyl groups is 1. The van der Waals surface area contributed by atoms with Crippen molar-refractivity contribution in [2.45, 2.75) is 19.4 Å². The van der Waals surface area contributed by atoms with Gasteiger partial charge in [-0.15, -0.1) is 0 Å². The summed E-state index contributed by atoms with van der Waals surface area (Å²) in [5.74, 6) is 0.147. The smallest absolute Gasteiger partial charge is 0.122 e. The van der Waals surface area contributed by atoms with E-state index < -0.39 is 5.60 Å². The number of phenolic OH excluding ortho intramolecular Hbond substituents is 2. The Morgan fingerprint density at radius 1 is 1.00 bits per heavy atom. The van der Waals surface area contributed by atoms with E-state index in [1.54, 1.807) is 44.2 Å². The molecule has 3 heteroatoms. The summed E-state index contributed by atoms with van der Waals surface area (Å²) in [5, 5.41) is 30.8. The quantitative estimate of drug-likeness (QED) is 0.689. The van der Waals surface area contributed by atoms with Crippen LogP contribution in [-0.4, -0.2) is 15.3 Å². The fourth-order valence-corrected chi connectivity index (χ4v) is 1.94. The molecule has 3 N–H and O–H groups in total. The van der Waals surface area contributed by atoms with Gasteiger partial charge in [-0.2, -0.15) is 0 Å². The molecule has 2 aromatic rings. The monoisotopic (exact) mass is 218 g/mol.